The van der Waals surface area contributed by atoms with Crippen molar-refractivity contribution in [3.05, 3.63) is 35.9 Å². The van der Waals surface area contributed by atoms with E-state index in [-0.39, 0.29) is 19.1 Å². The van der Waals surface area contributed by atoms with Crippen molar-refractivity contribution in [1.29, 1.82) is 0 Å². The first-order valence-electron chi connectivity index (χ1n) is 8.94. The summed E-state index contributed by atoms with van der Waals surface area (Å²) in [5, 5.41) is 12.5. The van der Waals surface area contributed by atoms with Crippen molar-refractivity contribution in [3.63, 3.8) is 0 Å². The smallest absolute Gasteiger partial charge is 0.380 e. The predicted octanol–water partition coefficient (Wildman–Crippen LogP) is 3.41. The second-order valence-electron chi connectivity index (χ2n) is 6.41. The van der Waals surface area contributed by atoms with Gasteiger partial charge >= 0.3 is 11.9 Å². The summed E-state index contributed by atoms with van der Waals surface area (Å²) in [6.07, 6.45) is -3.15. The molecule has 27 heavy (non-hydrogen) atoms. The fourth-order valence-electron chi connectivity index (χ4n) is 3.16. The number of hydrogen-bond acceptors (Lipinski definition) is 6. The summed E-state index contributed by atoms with van der Waals surface area (Å²) in [6.45, 7) is 4.93. The van der Waals surface area contributed by atoms with Crippen LogP contribution in [0.1, 0.15) is 32.8 Å². The van der Waals surface area contributed by atoms with Gasteiger partial charge in [-0.2, -0.15) is 8.78 Å². The molecule has 0 spiro atoms. The highest BCUT2D eigenvalue weighted by Gasteiger charge is 2.58. The van der Waals surface area contributed by atoms with E-state index in [0.29, 0.717) is 6.42 Å². The van der Waals surface area contributed by atoms with Crippen molar-refractivity contribution in [2.45, 2.75) is 58.0 Å². The molecular formula is C19H25F2NO5. The molecular weight excluding hydrogens is 360 g/mol. The number of carbonyl (C=O) groups is 1. The number of nitrogens with zero attached hydrogens (tertiary/aromatic N) is 1. The van der Waals surface area contributed by atoms with Crippen LogP contribution in [0.15, 0.2) is 35.5 Å². The zero-order chi connectivity index (χ0) is 20.0. The Hall–Kier alpha value is -2.06. The van der Waals surface area contributed by atoms with E-state index in [2.05, 4.69) is 9.89 Å². The van der Waals surface area contributed by atoms with Gasteiger partial charge in [-0.25, -0.2) is 4.79 Å². The zero-order valence-corrected chi connectivity index (χ0v) is 15.6. The molecule has 8 heteroatoms. The second kappa shape index (κ2) is 9.23. The van der Waals surface area contributed by atoms with Crippen LogP contribution in [-0.2, 0) is 25.6 Å². The number of alkyl halides is 2. The van der Waals surface area contributed by atoms with Crippen LogP contribution in [0.25, 0.3) is 0 Å². The number of halogens is 2. The molecule has 1 saturated heterocycles. The molecule has 1 heterocycles. The fraction of sp³-hybridized carbons (Fsp3) is 0.579. The molecule has 2 rings (SSSR count). The van der Waals surface area contributed by atoms with Crippen LogP contribution >= 0.6 is 0 Å². The quantitative estimate of drug-likeness (QED) is 0.442. The maximum absolute atomic E-state index is 14.7. The number of rotatable bonds is 7. The molecule has 1 aromatic carbocycles. The van der Waals surface area contributed by atoms with Gasteiger partial charge in [-0.05, 0) is 18.9 Å². The highest BCUT2D eigenvalue weighted by molar-refractivity contribution is 5.98. The van der Waals surface area contributed by atoms with Gasteiger partial charge in [-0.3, -0.25) is 0 Å². The number of ether oxygens (including phenoxy) is 3. The van der Waals surface area contributed by atoms with Crippen LogP contribution in [0.4, 0.5) is 8.78 Å². The summed E-state index contributed by atoms with van der Waals surface area (Å²) < 4.78 is 45.0. The lowest BCUT2D eigenvalue weighted by atomic mass is 9.85. The van der Waals surface area contributed by atoms with Gasteiger partial charge in [0, 0.05) is 5.92 Å². The topological polar surface area (TPSA) is 77.4 Å². The fourth-order valence-corrected chi connectivity index (χ4v) is 3.16. The van der Waals surface area contributed by atoms with E-state index in [1.165, 1.54) is 6.92 Å². The summed E-state index contributed by atoms with van der Waals surface area (Å²) in [4.78, 5) is 11.8. The van der Waals surface area contributed by atoms with Crippen LogP contribution < -0.4 is 0 Å². The maximum atomic E-state index is 14.7. The number of hydrogen-bond donors (Lipinski definition) is 1. The Morgan fingerprint density at radius 3 is 2.52 bits per heavy atom. The Labute approximate surface area is 157 Å². The molecule has 0 aliphatic carbocycles. The monoisotopic (exact) mass is 385 g/mol. The third kappa shape index (κ3) is 4.62. The van der Waals surface area contributed by atoms with E-state index in [1.54, 1.807) is 13.8 Å². The van der Waals surface area contributed by atoms with Crippen molar-refractivity contribution >= 4 is 11.7 Å². The SMILES string of the molecule is CCOC(=O)C(F)(F)[C@H]1O[C@H](CC)[C@H](C)[C@H](OCc2ccccc2)/C1=N/O. The standard InChI is InChI=1S/C19H25F2NO5/c1-4-14-12(3)16(26-11-13-9-7-6-8-10-13)15(22-24)17(27-14)19(20,21)18(23)25-5-2/h6-10,12,14,16-17,24H,4-5,11H2,1-3H3/b22-15-/t12-,14+,16-,17-/m0/s1. The van der Waals surface area contributed by atoms with Gasteiger partial charge < -0.3 is 19.4 Å². The zero-order valence-electron chi connectivity index (χ0n) is 15.6. The highest BCUT2D eigenvalue weighted by atomic mass is 19.3. The van der Waals surface area contributed by atoms with Crippen molar-refractivity contribution in [1.82, 2.24) is 0 Å². The largest absolute Gasteiger partial charge is 0.461 e. The summed E-state index contributed by atoms with van der Waals surface area (Å²) >= 11 is 0. The van der Waals surface area contributed by atoms with E-state index >= 15 is 0 Å². The van der Waals surface area contributed by atoms with Crippen molar-refractivity contribution in [2.75, 3.05) is 6.61 Å². The van der Waals surface area contributed by atoms with Crippen LogP contribution in [-0.4, -0.2) is 47.7 Å². The van der Waals surface area contributed by atoms with Crippen molar-refractivity contribution in [2.24, 2.45) is 11.1 Å². The van der Waals surface area contributed by atoms with Crippen LogP contribution in [0.2, 0.25) is 0 Å². The minimum absolute atomic E-state index is 0.142. The first-order valence-corrected chi connectivity index (χ1v) is 8.94. The number of esters is 1. The molecule has 0 amide bonds. The van der Waals surface area contributed by atoms with Crippen LogP contribution in [0.5, 0.6) is 0 Å². The average Bonchev–Trinajstić information content (AvgIpc) is 2.67. The number of carbonyl (C=O) groups excluding carboxylic acids is 1. The van der Waals surface area contributed by atoms with Crippen molar-refractivity contribution < 1.29 is 33.0 Å². The molecule has 0 aromatic heterocycles. The molecule has 1 aliphatic rings. The Morgan fingerprint density at radius 1 is 1.30 bits per heavy atom. The molecule has 150 valence electrons. The van der Waals surface area contributed by atoms with Gasteiger partial charge in [0.1, 0.15) is 11.8 Å². The molecule has 4 atom stereocenters. The van der Waals surface area contributed by atoms with Gasteiger partial charge in [0.15, 0.2) is 6.10 Å². The minimum Gasteiger partial charge on any atom is -0.461 e. The lowest BCUT2D eigenvalue weighted by molar-refractivity contribution is -0.202. The Morgan fingerprint density at radius 2 is 1.96 bits per heavy atom. The molecule has 1 fully saturated rings. The lowest BCUT2D eigenvalue weighted by Gasteiger charge is -2.42. The van der Waals surface area contributed by atoms with Gasteiger partial charge in [0.2, 0.25) is 0 Å². The molecule has 1 aliphatic heterocycles. The highest BCUT2D eigenvalue weighted by Crippen LogP contribution is 2.36. The van der Waals surface area contributed by atoms with E-state index < -0.39 is 35.9 Å². The second-order valence-corrected chi connectivity index (χ2v) is 6.41. The molecule has 6 nitrogen and oxygen atoms in total. The third-order valence-corrected chi connectivity index (χ3v) is 4.60. The van der Waals surface area contributed by atoms with Gasteiger partial charge in [0.25, 0.3) is 0 Å². The van der Waals surface area contributed by atoms with Crippen molar-refractivity contribution in [3.8, 4) is 0 Å². The average molecular weight is 385 g/mol. The van der Waals surface area contributed by atoms with Crippen LogP contribution in [0.3, 0.4) is 0 Å². The number of benzene rings is 1. The van der Waals surface area contributed by atoms with E-state index in [4.69, 9.17) is 9.47 Å². The summed E-state index contributed by atoms with van der Waals surface area (Å²) in [5.74, 6) is -6.07. The minimum atomic E-state index is -4.00. The third-order valence-electron chi connectivity index (χ3n) is 4.60. The van der Waals surface area contributed by atoms with Crippen LogP contribution in [0, 0.1) is 5.92 Å². The van der Waals surface area contributed by atoms with E-state index in [9.17, 15) is 18.8 Å². The van der Waals surface area contributed by atoms with Gasteiger partial charge in [-0.1, -0.05) is 49.3 Å². The van der Waals surface area contributed by atoms with E-state index in [0.717, 1.165) is 5.56 Å². The maximum Gasteiger partial charge on any atom is 0.380 e. The van der Waals surface area contributed by atoms with Gasteiger partial charge in [0.05, 0.1) is 19.3 Å². The normalized spacial score (nSPS) is 27.5. The Kier molecular flexibility index (Phi) is 7.26. The number of oxime groups is 1. The Bertz CT molecular complexity index is 653. The molecule has 1 N–H and O–H groups in total. The first-order chi connectivity index (χ1) is 12.9. The lowest BCUT2D eigenvalue weighted by Crippen LogP contribution is -2.60. The summed E-state index contributed by atoms with van der Waals surface area (Å²) in [5.41, 5.74) is 0.427. The first kappa shape index (κ1) is 21.2. The summed E-state index contributed by atoms with van der Waals surface area (Å²) in [6, 6.07) is 9.19. The molecule has 0 unspecified atom stereocenters. The molecule has 0 saturated carbocycles. The van der Waals surface area contributed by atoms with Gasteiger partial charge in [-0.15, -0.1) is 0 Å². The van der Waals surface area contributed by atoms with E-state index in [1.807, 2.05) is 30.3 Å². The summed E-state index contributed by atoms with van der Waals surface area (Å²) in [7, 11) is 0. The molecule has 0 bridgehead atoms. The predicted molar refractivity (Wildman–Crippen MR) is 93.9 cm³/mol. The Balaban J connectivity index is 2.29. The molecule has 0 radical (unpaired) electrons. The molecule has 1 aromatic rings.